The van der Waals surface area contributed by atoms with E-state index in [0.717, 1.165) is 53.3 Å². The fraction of sp³-hybridized carbons (Fsp3) is 0.333. The van der Waals surface area contributed by atoms with Gasteiger partial charge in [-0.15, -0.1) is 0 Å². The fourth-order valence-corrected chi connectivity index (χ4v) is 4.36. The van der Waals surface area contributed by atoms with Crippen molar-refractivity contribution in [2.45, 2.75) is 13.5 Å². The number of hydrogen-bond acceptors (Lipinski definition) is 4. The number of carbonyl (C=O) groups is 1. The van der Waals surface area contributed by atoms with E-state index in [-0.39, 0.29) is 5.91 Å². The normalized spacial score (nSPS) is 15.8. The first-order valence-electron chi connectivity index (χ1n) is 8.30. The van der Waals surface area contributed by atoms with Crippen molar-refractivity contribution in [3.63, 3.8) is 0 Å². The van der Waals surface area contributed by atoms with E-state index in [0.29, 0.717) is 0 Å². The molecule has 1 saturated heterocycles. The highest BCUT2D eigenvalue weighted by molar-refractivity contribution is 7.18. The zero-order valence-electron chi connectivity index (χ0n) is 14.0. The molecule has 3 aromatic rings. The molecule has 0 atom stereocenters. The Balaban J connectivity index is 1.37. The summed E-state index contributed by atoms with van der Waals surface area (Å²) in [6, 6.07) is 7.96. The van der Waals surface area contributed by atoms with E-state index >= 15 is 0 Å². The molecule has 25 heavy (non-hydrogen) atoms. The summed E-state index contributed by atoms with van der Waals surface area (Å²) in [5.41, 5.74) is 2.18. The molecular formula is C18H19ClN4OS. The van der Waals surface area contributed by atoms with Gasteiger partial charge in [-0.25, -0.2) is 4.98 Å². The molecule has 0 unspecified atom stereocenters. The minimum atomic E-state index is 0.107. The monoisotopic (exact) mass is 374 g/mol. The summed E-state index contributed by atoms with van der Waals surface area (Å²) < 4.78 is 1.93. The number of hydrogen-bond donors (Lipinski definition) is 0. The second kappa shape index (κ2) is 6.78. The Morgan fingerprint density at radius 3 is 2.76 bits per heavy atom. The average Bonchev–Trinajstić information content (AvgIpc) is 3.12. The number of thiazole rings is 1. The van der Waals surface area contributed by atoms with Crippen molar-refractivity contribution in [1.82, 2.24) is 19.2 Å². The van der Waals surface area contributed by atoms with Crippen molar-refractivity contribution >= 4 is 33.8 Å². The van der Waals surface area contributed by atoms with E-state index in [1.807, 2.05) is 46.8 Å². The third-order valence-electron chi connectivity index (χ3n) is 4.44. The number of carbonyl (C=O) groups excluding carboxylic acids is 1. The van der Waals surface area contributed by atoms with Crippen LogP contribution in [-0.2, 0) is 6.54 Å². The fourth-order valence-electron chi connectivity index (χ4n) is 3.17. The third-order valence-corrected chi connectivity index (χ3v) is 5.66. The van der Waals surface area contributed by atoms with Crippen molar-refractivity contribution in [3.05, 3.63) is 57.8 Å². The van der Waals surface area contributed by atoms with Gasteiger partial charge in [-0.3, -0.25) is 14.1 Å². The van der Waals surface area contributed by atoms with Crippen molar-refractivity contribution in [3.8, 4) is 0 Å². The predicted octanol–water partition coefficient (Wildman–Crippen LogP) is 3.32. The van der Waals surface area contributed by atoms with Crippen molar-refractivity contribution < 1.29 is 4.79 Å². The highest BCUT2D eigenvalue weighted by Crippen LogP contribution is 2.21. The Morgan fingerprint density at radius 2 is 2.04 bits per heavy atom. The van der Waals surface area contributed by atoms with E-state index in [1.54, 1.807) is 0 Å². The molecule has 0 N–H and O–H groups in total. The van der Waals surface area contributed by atoms with E-state index < -0.39 is 0 Å². The smallest absolute Gasteiger partial charge is 0.265 e. The van der Waals surface area contributed by atoms with Gasteiger partial charge in [0.15, 0.2) is 4.96 Å². The number of rotatable bonds is 3. The Bertz CT molecular complexity index is 879. The number of benzene rings is 1. The molecule has 1 fully saturated rings. The molecule has 2 aromatic heterocycles. The number of aromatic nitrogens is 2. The van der Waals surface area contributed by atoms with Gasteiger partial charge in [0.2, 0.25) is 0 Å². The highest BCUT2D eigenvalue weighted by atomic mass is 35.5. The maximum absolute atomic E-state index is 12.7. The van der Waals surface area contributed by atoms with Crippen molar-refractivity contribution in [2.75, 3.05) is 26.2 Å². The molecule has 0 radical (unpaired) electrons. The molecule has 5 nitrogen and oxygen atoms in total. The number of halogens is 1. The largest absolute Gasteiger partial charge is 0.335 e. The summed E-state index contributed by atoms with van der Waals surface area (Å²) in [4.78, 5) is 23.1. The quantitative estimate of drug-likeness (QED) is 0.706. The average molecular weight is 375 g/mol. The van der Waals surface area contributed by atoms with Crippen molar-refractivity contribution in [2.24, 2.45) is 0 Å². The van der Waals surface area contributed by atoms with Crippen LogP contribution in [0.25, 0.3) is 4.96 Å². The number of fused-ring (bicyclic) bond motifs is 1. The van der Waals surface area contributed by atoms with Crippen LogP contribution in [0.2, 0.25) is 5.02 Å². The Labute approximate surface area is 155 Å². The molecule has 130 valence electrons. The standard InChI is InChI=1S/C18H19ClN4OS/c1-13-10-23-12-16(25-18(23)20-13)17(24)22-7-5-21(6-8-22)11-14-3-2-4-15(19)9-14/h2-4,9-10,12H,5-8,11H2,1H3. The zero-order chi connectivity index (χ0) is 17.4. The molecule has 7 heteroatoms. The first-order valence-corrected chi connectivity index (χ1v) is 9.49. The van der Waals surface area contributed by atoms with Crippen LogP contribution in [0.4, 0.5) is 0 Å². The van der Waals surface area contributed by atoms with E-state index in [9.17, 15) is 4.79 Å². The van der Waals surface area contributed by atoms with E-state index in [2.05, 4.69) is 16.0 Å². The summed E-state index contributed by atoms with van der Waals surface area (Å²) in [6.07, 6.45) is 3.84. The molecule has 1 aliphatic heterocycles. The molecular weight excluding hydrogens is 356 g/mol. The lowest BCUT2D eigenvalue weighted by molar-refractivity contribution is 0.0633. The predicted molar refractivity (Wildman–Crippen MR) is 100 cm³/mol. The van der Waals surface area contributed by atoms with Crippen LogP contribution < -0.4 is 0 Å². The first-order chi connectivity index (χ1) is 12.1. The third kappa shape index (κ3) is 3.56. The van der Waals surface area contributed by atoms with Gasteiger partial charge in [-0.2, -0.15) is 0 Å². The van der Waals surface area contributed by atoms with Crippen LogP contribution in [-0.4, -0.2) is 51.3 Å². The highest BCUT2D eigenvalue weighted by Gasteiger charge is 2.24. The number of aryl methyl sites for hydroxylation is 1. The van der Waals surface area contributed by atoms with Crippen LogP contribution in [0, 0.1) is 6.92 Å². The van der Waals surface area contributed by atoms with Gasteiger partial charge in [0.25, 0.3) is 5.91 Å². The van der Waals surface area contributed by atoms with Crippen LogP contribution in [0.3, 0.4) is 0 Å². The number of piperazine rings is 1. The van der Waals surface area contributed by atoms with Crippen LogP contribution >= 0.6 is 22.9 Å². The molecule has 0 bridgehead atoms. The summed E-state index contributed by atoms with van der Waals surface area (Å²) in [6.45, 7) is 6.08. The summed E-state index contributed by atoms with van der Waals surface area (Å²) in [7, 11) is 0. The molecule has 1 amide bonds. The molecule has 0 saturated carbocycles. The van der Waals surface area contributed by atoms with Gasteiger partial charge >= 0.3 is 0 Å². The van der Waals surface area contributed by atoms with E-state index in [4.69, 9.17) is 11.6 Å². The van der Waals surface area contributed by atoms with Gasteiger partial charge in [-0.1, -0.05) is 35.1 Å². The topological polar surface area (TPSA) is 40.9 Å². The molecule has 1 aromatic carbocycles. The first kappa shape index (κ1) is 16.6. The summed E-state index contributed by atoms with van der Waals surface area (Å²) in [5, 5.41) is 0.768. The second-order valence-electron chi connectivity index (χ2n) is 6.37. The lowest BCUT2D eigenvalue weighted by Gasteiger charge is -2.34. The van der Waals surface area contributed by atoms with Crippen LogP contribution in [0.15, 0.2) is 36.7 Å². The summed E-state index contributed by atoms with van der Waals surface area (Å²) in [5.74, 6) is 0.107. The number of amides is 1. The minimum absolute atomic E-state index is 0.107. The molecule has 0 aliphatic carbocycles. The maximum Gasteiger partial charge on any atom is 0.265 e. The zero-order valence-corrected chi connectivity index (χ0v) is 15.6. The Hall–Kier alpha value is -1.89. The molecule has 3 heterocycles. The van der Waals surface area contributed by atoms with Crippen LogP contribution in [0.1, 0.15) is 20.9 Å². The SMILES string of the molecule is Cc1cn2cc(C(=O)N3CCN(Cc4cccc(Cl)c4)CC3)sc2n1. The molecule has 0 spiro atoms. The van der Waals surface area contributed by atoms with Gasteiger partial charge in [0.1, 0.15) is 4.88 Å². The number of imidazole rings is 1. The second-order valence-corrected chi connectivity index (χ2v) is 7.81. The molecule has 1 aliphatic rings. The lowest BCUT2D eigenvalue weighted by Crippen LogP contribution is -2.48. The number of nitrogens with zero attached hydrogens (tertiary/aromatic N) is 4. The minimum Gasteiger partial charge on any atom is -0.335 e. The summed E-state index contributed by atoms with van der Waals surface area (Å²) >= 11 is 7.51. The Morgan fingerprint density at radius 1 is 1.24 bits per heavy atom. The van der Waals surface area contributed by atoms with Crippen LogP contribution in [0.5, 0.6) is 0 Å². The lowest BCUT2D eigenvalue weighted by atomic mass is 10.2. The van der Waals surface area contributed by atoms with Gasteiger partial charge in [-0.05, 0) is 24.6 Å². The van der Waals surface area contributed by atoms with Gasteiger partial charge in [0.05, 0.1) is 5.69 Å². The maximum atomic E-state index is 12.7. The van der Waals surface area contributed by atoms with Crippen molar-refractivity contribution in [1.29, 1.82) is 0 Å². The van der Waals surface area contributed by atoms with E-state index in [1.165, 1.54) is 16.9 Å². The van der Waals surface area contributed by atoms with Gasteiger partial charge < -0.3 is 4.90 Å². The van der Waals surface area contributed by atoms with Gasteiger partial charge in [0, 0.05) is 50.1 Å². The Kier molecular flexibility index (Phi) is 4.50. The molecule has 4 rings (SSSR count).